The van der Waals surface area contributed by atoms with Gasteiger partial charge in [-0.2, -0.15) is 0 Å². The summed E-state index contributed by atoms with van der Waals surface area (Å²) in [6, 6.07) is 17.0. The SMILES string of the molecule is COC(=O)C[C@@H]1COc2cc(O[C@@H]3CCc4c(Oc5ccc(C6CCOCC6)cc5)ccc(F)c43)ccc21. The molecule has 0 saturated carbocycles. The van der Waals surface area contributed by atoms with Crippen LogP contribution in [0.5, 0.6) is 23.0 Å². The second kappa shape index (κ2) is 10.7. The molecule has 3 aromatic rings. The minimum absolute atomic E-state index is 0.0402. The van der Waals surface area contributed by atoms with E-state index in [0.717, 1.165) is 42.9 Å². The molecule has 0 spiro atoms. The smallest absolute Gasteiger partial charge is 0.306 e. The van der Waals surface area contributed by atoms with E-state index in [9.17, 15) is 4.79 Å². The molecule has 0 bridgehead atoms. The van der Waals surface area contributed by atoms with Crippen LogP contribution in [0.25, 0.3) is 0 Å². The highest BCUT2D eigenvalue weighted by Crippen LogP contribution is 2.44. The van der Waals surface area contributed by atoms with Crippen molar-refractivity contribution in [2.45, 2.75) is 50.0 Å². The first-order valence-electron chi connectivity index (χ1n) is 13.3. The van der Waals surface area contributed by atoms with Crippen molar-refractivity contribution in [1.82, 2.24) is 0 Å². The first-order valence-corrected chi connectivity index (χ1v) is 13.3. The van der Waals surface area contributed by atoms with Crippen molar-refractivity contribution in [2.24, 2.45) is 0 Å². The molecule has 3 aromatic carbocycles. The summed E-state index contributed by atoms with van der Waals surface area (Å²) in [6.45, 7) is 2.04. The lowest BCUT2D eigenvalue weighted by Gasteiger charge is -2.22. The van der Waals surface area contributed by atoms with Crippen molar-refractivity contribution in [3.05, 3.63) is 82.7 Å². The number of carbonyl (C=O) groups excluding carboxylic acids is 1. The first kappa shape index (κ1) is 24.7. The van der Waals surface area contributed by atoms with E-state index in [2.05, 4.69) is 12.1 Å². The average Bonchev–Trinajstić information content (AvgIpc) is 3.56. The molecule has 198 valence electrons. The number of hydrogen-bond donors (Lipinski definition) is 0. The maximum absolute atomic E-state index is 15.0. The molecule has 7 heteroatoms. The molecule has 0 radical (unpaired) electrons. The van der Waals surface area contributed by atoms with Crippen LogP contribution < -0.4 is 14.2 Å². The van der Waals surface area contributed by atoms with Crippen molar-refractivity contribution in [3.63, 3.8) is 0 Å². The predicted molar refractivity (Wildman–Crippen MR) is 139 cm³/mol. The Hall–Kier alpha value is -3.58. The summed E-state index contributed by atoms with van der Waals surface area (Å²) in [4.78, 5) is 11.7. The molecule has 2 heterocycles. The van der Waals surface area contributed by atoms with Crippen LogP contribution in [0.2, 0.25) is 0 Å². The molecule has 0 amide bonds. The van der Waals surface area contributed by atoms with E-state index in [-0.39, 0.29) is 24.1 Å². The summed E-state index contributed by atoms with van der Waals surface area (Å²) in [5, 5.41) is 0. The third-order valence-electron chi connectivity index (χ3n) is 7.82. The Morgan fingerprint density at radius 3 is 2.58 bits per heavy atom. The van der Waals surface area contributed by atoms with E-state index < -0.39 is 6.10 Å². The molecule has 0 N–H and O–H groups in total. The number of carbonyl (C=O) groups is 1. The zero-order chi connectivity index (χ0) is 26.1. The van der Waals surface area contributed by atoms with Gasteiger partial charge in [-0.05, 0) is 67.5 Å². The van der Waals surface area contributed by atoms with Crippen LogP contribution in [-0.2, 0) is 20.7 Å². The zero-order valence-electron chi connectivity index (χ0n) is 21.4. The molecular formula is C31H31FO6. The van der Waals surface area contributed by atoms with E-state index >= 15 is 4.39 Å². The number of esters is 1. The summed E-state index contributed by atoms with van der Waals surface area (Å²) in [6.07, 6.45) is 3.24. The van der Waals surface area contributed by atoms with Gasteiger partial charge < -0.3 is 23.7 Å². The monoisotopic (exact) mass is 518 g/mol. The van der Waals surface area contributed by atoms with Gasteiger partial charge in [-0.25, -0.2) is 4.39 Å². The second-order valence-corrected chi connectivity index (χ2v) is 10.1. The lowest BCUT2D eigenvalue weighted by Crippen LogP contribution is -2.13. The fraction of sp³-hybridized carbons (Fsp3) is 0.387. The molecule has 38 heavy (non-hydrogen) atoms. The minimum Gasteiger partial charge on any atom is -0.492 e. The van der Waals surface area contributed by atoms with Gasteiger partial charge in [0.2, 0.25) is 0 Å². The van der Waals surface area contributed by atoms with Crippen molar-refractivity contribution in [2.75, 3.05) is 26.9 Å². The zero-order valence-corrected chi connectivity index (χ0v) is 21.4. The topological polar surface area (TPSA) is 63.2 Å². The van der Waals surface area contributed by atoms with Crippen LogP contribution in [0.4, 0.5) is 4.39 Å². The van der Waals surface area contributed by atoms with Crippen molar-refractivity contribution < 1.29 is 32.9 Å². The Kier molecular flexibility index (Phi) is 6.94. The van der Waals surface area contributed by atoms with E-state index in [1.54, 1.807) is 6.07 Å². The summed E-state index contributed by atoms with van der Waals surface area (Å²) < 4.78 is 43.6. The summed E-state index contributed by atoms with van der Waals surface area (Å²) in [5.41, 5.74) is 3.65. The third kappa shape index (κ3) is 4.95. The lowest BCUT2D eigenvalue weighted by molar-refractivity contribution is -0.141. The highest BCUT2D eigenvalue weighted by Gasteiger charge is 2.32. The van der Waals surface area contributed by atoms with E-state index in [1.807, 2.05) is 30.3 Å². The molecule has 2 atom stereocenters. The standard InChI is InChI=1S/C31H31FO6/c1-34-30(33)16-21-18-36-29-17-23(6-7-24(21)29)38-28-10-8-25-27(11-9-26(32)31(25)28)37-22-4-2-19(3-5-22)20-12-14-35-15-13-20/h2-7,9,11,17,20-21,28H,8,10,12-16,18H2,1H3/t21-,28-/m1/s1. The van der Waals surface area contributed by atoms with Crippen LogP contribution in [0, 0.1) is 5.82 Å². The van der Waals surface area contributed by atoms with Crippen molar-refractivity contribution in [1.29, 1.82) is 0 Å². The summed E-state index contributed by atoms with van der Waals surface area (Å²) >= 11 is 0. The number of halogens is 1. The van der Waals surface area contributed by atoms with Crippen LogP contribution in [-0.4, -0.2) is 32.9 Å². The number of ether oxygens (including phenoxy) is 5. The maximum atomic E-state index is 15.0. The highest BCUT2D eigenvalue weighted by molar-refractivity contribution is 5.71. The van der Waals surface area contributed by atoms with Gasteiger partial charge in [0.05, 0.1) is 20.1 Å². The fourth-order valence-electron chi connectivity index (χ4n) is 5.77. The van der Waals surface area contributed by atoms with Gasteiger partial charge in [0.15, 0.2) is 0 Å². The number of benzene rings is 3. The second-order valence-electron chi connectivity index (χ2n) is 10.1. The van der Waals surface area contributed by atoms with Crippen LogP contribution in [0.1, 0.15) is 65.9 Å². The molecule has 0 unspecified atom stereocenters. The van der Waals surface area contributed by atoms with Gasteiger partial charge in [0, 0.05) is 41.9 Å². The van der Waals surface area contributed by atoms with Crippen molar-refractivity contribution >= 4 is 5.97 Å². The first-order chi connectivity index (χ1) is 18.6. The molecule has 2 aliphatic heterocycles. The van der Waals surface area contributed by atoms with Crippen LogP contribution >= 0.6 is 0 Å². The molecule has 1 fully saturated rings. The van der Waals surface area contributed by atoms with Gasteiger partial charge in [0.25, 0.3) is 0 Å². The van der Waals surface area contributed by atoms with E-state index in [0.29, 0.717) is 48.2 Å². The quantitative estimate of drug-likeness (QED) is 0.328. The molecule has 1 saturated heterocycles. The summed E-state index contributed by atoms with van der Waals surface area (Å²) in [5.74, 6) is 2.62. The molecule has 6 rings (SSSR count). The normalized spacial score (nSPS) is 20.4. The summed E-state index contributed by atoms with van der Waals surface area (Å²) in [7, 11) is 1.38. The number of fused-ring (bicyclic) bond motifs is 2. The number of methoxy groups -OCH3 is 1. The molecule has 1 aliphatic carbocycles. The van der Waals surface area contributed by atoms with Gasteiger partial charge in [-0.15, -0.1) is 0 Å². The molecule has 3 aliphatic rings. The Morgan fingerprint density at radius 2 is 1.79 bits per heavy atom. The Bertz CT molecular complexity index is 1310. The maximum Gasteiger partial charge on any atom is 0.306 e. The van der Waals surface area contributed by atoms with Gasteiger partial charge >= 0.3 is 5.97 Å². The molecular weight excluding hydrogens is 487 g/mol. The number of rotatable bonds is 7. The van der Waals surface area contributed by atoms with Crippen LogP contribution in [0.3, 0.4) is 0 Å². The Morgan fingerprint density at radius 1 is 1.00 bits per heavy atom. The lowest BCUT2D eigenvalue weighted by atomic mass is 9.92. The van der Waals surface area contributed by atoms with E-state index in [1.165, 1.54) is 18.7 Å². The van der Waals surface area contributed by atoms with E-state index in [4.69, 9.17) is 23.7 Å². The third-order valence-corrected chi connectivity index (χ3v) is 7.82. The average molecular weight is 519 g/mol. The molecule has 0 aromatic heterocycles. The predicted octanol–water partition coefficient (Wildman–Crippen LogP) is 6.62. The van der Waals surface area contributed by atoms with Crippen LogP contribution in [0.15, 0.2) is 54.6 Å². The fourth-order valence-corrected chi connectivity index (χ4v) is 5.77. The van der Waals surface area contributed by atoms with Crippen molar-refractivity contribution in [3.8, 4) is 23.0 Å². The minimum atomic E-state index is -0.422. The molecule has 6 nitrogen and oxygen atoms in total. The Balaban J connectivity index is 1.16. The van der Waals surface area contributed by atoms with Gasteiger partial charge in [-0.1, -0.05) is 18.2 Å². The van der Waals surface area contributed by atoms with Gasteiger partial charge in [-0.3, -0.25) is 4.79 Å². The highest BCUT2D eigenvalue weighted by atomic mass is 19.1. The van der Waals surface area contributed by atoms with Gasteiger partial charge in [0.1, 0.15) is 34.9 Å². The largest absolute Gasteiger partial charge is 0.492 e. The Labute approximate surface area is 221 Å². The number of hydrogen-bond acceptors (Lipinski definition) is 6.